The Hall–Kier alpha value is -2.04. The van der Waals surface area contributed by atoms with Gasteiger partial charge in [0.2, 0.25) is 17.7 Å². The monoisotopic (exact) mass is 620 g/mol. The van der Waals surface area contributed by atoms with Gasteiger partial charge in [-0.3, -0.25) is 14.4 Å². The fraction of sp³-hybridized carbons (Fsp3) is 0.818. The van der Waals surface area contributed by atoms with Crippen LogP contribution in [0, 0.1) is 23.7 Å². The van der Waals surface area contributed by atoms with Crippen LogP contribution in [0.4, 0.5) is 0 Å². The van der Waals surface area contributed by atoms with Crippen LogP contribution >= 0.6 is 11.3 Å². The lowest BCUT2D eigenvalue weighted by atomic mass is 9.80. The molecule has 4 atom stereocenters. The summed E-state index contributed by atoms with van der Waals surface area (Å²) in [6.45, 7) is 4.46. The first kappa shape index (κ1) is 35.4. The van der Waals surface area contributed by atoms with Crippen molar-refractivity contribution in [2.45, 2.75) is 122 Å². The first-order valence-electron chi connectivity index (χ1n) is 16.6. The first-order chi connectivity index (χ1) is 20.5. The molecule has 0 radical (unpaired) electrons. The Bertz CT molecular complexity index is 976. The minimum Gasteiger partial charge on any atom is -0.390 e. The third-order valence-electron chi connectivity index (χ3n) is 9.32. The fourth-order valence-corrected chi connectivity index (χ4v) is 7.40. The largest absolute Gasteiger partial charge is 0.390 e. The number of likely N-dealkylation sites (N-methyl/N-ethyl adjacent to an activating group) is 1. The first-order valence-corrected chi connectivity index (χ1v) is 17.5. The molecule has 0 aromatic carbocycles. The van der Waals surface area contributed by atoms with Crippen LogP contribution in [0.3, 0.4) is 0 Å². The molecule has 2 aliphatic rings. The summed E-state index contributed by atoms with van der Waals surface area (Å²) in [4.78, 5) is 47.7. The van der Waals surface area contributed by atoms with Gasteiger partial charge >= 0.3 is 0 Å². The van der Waals surface area contributed by atoms with Crippen molar-refractivity contribution in [3.63, 3.8) is 0 Å². The van der Waals surface area contributed by atoms with Crippen molar-refractivity contribution in [1.29, 1.82) is 0 Å². The van der Waals surface area contributed by atoms with E-state index in [-0.39, 0.29) is 36.6 Å². The van der Waals surface area contributed by atoms with Crippen LogP contribution in [-0.2, 0) is 20.8 Å². The second kappa shape index (κ2) is 18.1. The predicted octanol–water partition coefficient (Wildman–Crippen LogP) is 4.41. The third-order valence-corrected chi connectivity index (χ3v) is 9.95. The minimum absolute atomic E-state index is 0.0704. The van der Waals surface area contributed by atoms with Crippen molar-refractivity contribution < 1.29 is 24.6 Å². The molecule has 1 heterocycles. The van der Waals surface area contributed by atoms with E-state index >= 15 is 0 Å². The third kappa shape index (κ3) is 11.8. The summed E-state index contributed by atoms with van der Waals surface area (Å²) < 4.78 is 0. The van der Waals surface area contributed by atoms with E-state index in [4.69, 9.17) is 0 Å². The van der Waals surface area contributed by atoms with E-state index < -0.39 is 24.2 Å². The van der Waals surface area contributed by atoms with Crippen LogP contribution in [0.25, 0.3) is 0 Å². The van der Waals surface area contributed by atoms with Crippen molar-refractivity contribution in [2.75, 3.05) is 27.2 Å². The van der Waals surface area contributed by atoms with Gasteiger partial charge in [0.25, 0.3) is 0 Å². The molecular formula is C33H56N4O5S. The summed E-state index contributed by atoms with van der Waals surface area (Å²) >= 11 is 1.45. The van der Waals surface area contributed by atoms with E-state index in [9.17, 15) is 24.6 Å². The molecule has 9 nitrogen and oxygen atoms in total. The normalized spacial score (nSPS) is 19.4. The molecule has 0 aliphatic heterocycles. The molecule has 2 saturated carbocycles. The molecule has 10 heteroatoms. The summed E-state index contributed by atoms with van der Waals surface area (Å²) in [5, 5.41) is 27.5. The number of aliphatic hydroxyl groups excluding tert-OH is 2. The van der Waals surface area contributed by atoms with Crippen molar-refractivity contribution in [2.24, 2.45) is 23.7 Å². The number of amides is 3. The lowest BCUT2D eigenvalue weighted by Crippen LogP contribution is -2.55. The van der Waals surface area contributed by atoms with Crippen LogP contribution < -0.4 is 5.32 Å². The molecule has 0 bridgehead atoms. The van der Waals surface area contributed by atoms with E-state index in [1.54, 1.807) is 19.6 Å². The van der Waals surface area contributed by atoms with Gasteiger partial charge in [-0.1, -0.05) is 65.2 Å². The van der Waals surface area contributed by atoms with Gasteiger partial charge in [0.15, 0.2) is 0 Å². The average molecular weight is 621 g/mol. The second-order valence-electron chi connectivity index (χ2n) is 13.6. The van der Waals surface area contributed by atoms with E-state index in [1.165, 1.54) is 29.1 Å². The Labute approximate surface area is 262 Å². The van der Waals surface area contributed by atoms with Crippen molar-refractivity contribution in [3.05, 3.63) is 16.6 Å². The molecule has 244 valence electrons. The Morgan fingerprint density at radius 3 is 2.19 bits per heavy atom. The maximum Gasteiger partial charge on any atom is 0.241 e. The Balaban J connectivity index is 1.93. The number of nitrogens with zero attached hydrogens (tertiary/aromatic N) is 3. The molecule has 1 aromatic rings. The van der Waals surface area contributed by atoms with Gasteiger partial charge in [-0.15, -0.1) is 11.3 Å². The predicted molar refractivity (Wildman–Crippen MR) is 170 cm³/mol. The van der Waals surface area contributed by atoms with Crippen LogP contribution in [0.15, 0.2) is 10.9 Å². The molecule has 0 saturated heterocycles. The summed E-state index contributed by atoms with van der Waals surface area (Å²) in [7, 11) is 3.27. The van der Waals surface area contributed by atoms with Gasteiger partial charge in [0, 0.05) is 38.9 Å². The molecule has 3 rings (SSSR count). The zero-order chi connectivity index (χ0) is 31.4. The SMILES string of the molecule is CC(C)C[C@H](O)[C@H](O)[C@H](CC1CCCCC1)N(CC1CCCCC1)C(=O)[C@H](CC(=O)NCC(=O)N(C)C)Cc1cscn1. The molecule has 2 aliphatic carbocycles. The number of aromatic nitrogens is 1. The highest BCUT2D eigenvalue weighted by atomic mass is 32.1. The summed E-state index contributed by atoms with van der Waals surface area (Å²) in [6, 6.07) is -0.525. The second-order valence-corrected chi connectivity index (χ2v) is 14.4. The summed E-state index contributed by atoms with van der Waals surface area (Å²) in [6.07, 6.45) is 10.5. The molecule has 0 spiro atoms. The maximum atomic E-state index is 14.7. The van der Waals surface area contributed by atoms with Gasteiger partial charge in [-0.05, 0) is 43.4 Å². The number of carbonyl (C=O) groups is 3. The number of carbonyl (C=O) groups excluding carboxylic acids is 3. The smallest absolute Gasteiger partial charge is 0.241 e. The van der Waals surface area contributed by atoms with Gasteiger partial charge in [-0.25, -0.2) is 4.98 Å². The highest BCUT2D eigenvalue weighted by Crippen LogP contribution is 2.34. The van der Waals surface area contributed by atoms with Gasteiger partial charge in [0.1, 0.15) is 6.10 Å². The molecule has 3 amide bonds. The van der Waals surface area contributed by atoms with Crippen LogP contribution in [0.1, 0.15) is 103 Å². The van der Waals surface area contributed by atoms with Crippen LogP contribution in [0.5, 0.6) is 0 Å². The Kier molecular flexibility index (Phi) is 14.9. The molecule has 43 heavy (non-hydrogen) atoms. The fourth-order valence-electron chi connectivity index (χ4n) is 6.83. The molecule has 2 fully saturated rings. The highest BCUT2D eigenvalue weighted by Gasteiger charge is 2.40. The quantitative estimate of drug-likeness (QED) is 0.252. The zero-order valence-corrected chi connectivity index (χ0v) is 27.7. The zero-order valence-electron chi connectivity index (χ0n) is 26.9. The van der Waals surface area contributed by atoms with Crippen LogP contribution in [-0.4, -0.2) is 88.2 Å². The van der Waals surface area contributed by atoms with E-state index in [0.717, 1.165) is 57.1 Å². The number of rotatable bonds is 16. The van der Waals surface area contributed by atoms with Gasteiger partial charge in [0.05, 0.1) is 35.8 Å². The van der Waals surface area contributed by atoms with Crippen molar-refractivity contribution in [3.8, 4) is 0 Å². The number of hydrogen-bond donors (Lipinski definition) is 3. The standard InChI is InChI=1S/C33H56N4O5S/c1-23(2)15-29(38)32(41)28(16-24-11-7-5-8-12-24)37(20-25-13-9-6-10-14-25)33(42)26(17-27-21-43-22-35-27)18-30(39)34-19-31(40)36(3)4/h21-26,28-29,32,38,41H,5-20H2,1-4H3,(H,34,39)/t26-,28-,29-,32+/m0/s1. The average Bonchev–Trinajstić information content (AvgIpc) is 3.50. The van der Waals surface area contributed by atoms with Gasteiger partial charge < -0.3 is 25.3 Å². The van der Waals surface area contributed by atoms with E-state index in [1.807, 2.05) is 24.1 Å². The topological polar surface area (TPSA) is 123 Å². The molecular weight excluding hydrogens is 564 g/mol. The lowest BCUT2D eigenvalue weighted by molar-refractivity contribution is -0.147. The lowest BCUT2D eigenvalue weighted by Gasteiger charge is -2.42. The number of nitrogens with one attached hydrogen (secondary N) is 1. The maximum absolute atomic E-state index is 14.7. The number of hydrogen-bond acceptors (Lipinski definition) is 7. The molecule has 0 unspecified atom stereocenters. The summed E-state index contributed by atoms with van der Waals surface area (Å²) in [5.74, 6) is -0.512. The minimum atomic E-state index is -1.07. The van der Waals surface area contributed by atoms with E-state index in [0.29, 0.717) is 37.6 Å². The summed E-state index contributed by atoms with van der Waals surface area (Å²) in [5.41, 5.74) is 2.48. The molecule has 3 N–H and O–H groups in total. The Morgan fingerprint density at radius 1 is 1.00 bits per heavy atom. The van der Waals surface area contributed by atoms with Crippen LogP contribution in [0.2, 0.25) is 0 Å². The Morgan fingerprint density at radius 2 is 1.63 bits per heavy atom. The van der Waals surface area contributed by atoms with Gasteiger partial charge in [-0.2, -0.15) is 0 Å². The number of aliphatic hydroxyl groups is 2. The van der Waals surface area contributed by atoms with E-state index in [2.05, 4.69) is 10.3 Å². The molecule has 1 aromatic heterocycles. The highest BCUT2D eigenvalue weighted by molar-refractivity contribution is 7.07. The number of thiazole rings is 1. The van der Waals surface area contributed by atoms with Crippen molar-refractivity contribution >= 4 is 29.1 Å². The van der Waals surface area contributed by atoms with Crippen molar-refractivity contribution in [1.82, 2.24) is 20.1 Å².